The van der Waals surface area contributed by atoms with E-state index in [2.05, 4.69) is 16.7 Å². The smallest absolute Gasteiger partial charge is 0.306 e. The maximum absolute atomic E-state index is 10.6. The van der Waals surface area contributed by atoms with Crippen LogP contribution in [0.25, 0.3) is 0 Å². The molecule has 0 rings (SSSR count). The van der Waals surface area contributed by atoms with Gasteiger partial charge >= 0.3 is 5.97 Å². The first-order valence-corrected chi connectivity index (χ1v) is 3.15. The second kappa shape index (κ2) is 5.96. The second-order valence-electron chi connectivity index (χ2n) is 1.63. The molecule has 0 unspecified atom stereocenters. The Balaban J connectivity index is 3.27. The van der Waals surface area contributed by atoms with Crippen molar-refractivity contribution in [3.63, 3.8) is 0 Å². The molecule has 2 N–H and O–H groups in total. The van der Waals surface area contributed by atoms with Crippen molar-refractivity contribution in [3.05, 3.63) is 0 Å². The molecule has 3 heteroatoms. The first kappa shape index (κ1) is 8.83. The molecule has 0 atom stereocenters. The van der Waals surface area contributed by atoms with Gasteiger partial charge in [-0.3, -0.25) is 4.79 Å². The van der Waals surface area contributed by atoms with Crippen molar-refractivity contribution >= 4 is 5.97 Å². The second-order valence-corrected chi connectivity index (χ2v) is 1.63. The first-order valence-electron chi connectivity index (χ1n) is 3.15. The number of ether oxygens (including phenoxy) is 1. The number of esters is 1. The molecule has 0 radical (unpaired) electrons. The average Bonchev–Trinajstić information content (AvgIpc) is 1.89. The zero-order valence-corrected chi connectivity index (χ0v) is 6.02. The van der Waals surface area contributed by atoms with Gasteiger partial charge in [-0.25, -0.2) is 0 Å². The molecule has 0 heterocycles. The van der Waals surface area contributed by atoms with Gasteiger partial charge in [-0.15, -0.1) is 0 Å². The summed E-state index contributed by atoms with van der Waals surface area (Å²) in [6, 6.07) is 2.21. The summed E-state index contributed by atoms with van der Waals surface area (Å²) < 4.78 is 4.64. The molecular weight excluding hydrogens is 130 g/mol. The molecule has 0 bridgehead atoms. The third-order valence-electron chi connectivity index (χ3n) is 0.862. The van der Waals surface area contributed by atoms with E-state index in [-0.39, 0.29) is 5.97 Å². The zero-order valence-electron chi connectivity index (χ0n) is 6.02. The number of carbonyl (C=O) groups is 1. The molecule has 0 amide bonds. The highest BCUT2D eigenvalue weighted by atomic mass is 16.5. The zero-order chi connectivity index (χ0) is 7.82. The van der Waals surface area contributed by atoms with Crippen molar-refractivity contribution in [1.82, 2.24) is 0 Å². The fourth-order valence-corrected chi connectivity index (χ4v) is 0.470. The van der Waals surface area contributed by atoms with Crippen LogP contribution in [0.2, 0.25) is 0 Å². The quantitative estimate of drug-likeness (QED) is 0.348. The van der Waals surface area contributed by atoms with Gasteiger partial charge in [0.2, 0.25) is 0 Å². The molecule has 10 heavy (non-hydrogen) atoms. The largest absolute Gasteiger partial charge is 0.466 e. The molecule has 0 saturated carbocycles. The molecule has 0 spiro atoms. The van der Waals surface area contributed by atoms with Crippen LogP contribution < -0.4 is 5.73 Å². The third kappa shape index (κ3) is 4.98. The lowest BCUT2D eigenvalue weighted by Gasteiger charge is -1.96. The number of hydrogen-bond donors (Lipinski definition) is 1. The minimum atomic E-state index is -0.217. The first-order chi connectivity index (χ1) is 4.81. The van der Waals surface area contributed by atoms with Gasteiger partial charge in [-0.2, -0.15) is 0 Å². The van der Waals surface area contributed by atoms with Gasteiger partial charge in [0.1, 0.15) is 0 Å². The van der Waals surface area contributed by atoms with Crippen LogP contribution >= 0.6 is 0 Å². The molecule has 0 aromatic heterocycles. The third-order valence-corrected chi connectivity index (χ3v) is 0.862. The molecular formula is C7H11NO2. The maximum Gasteiger partial charge on any atom is 0.306 e. The SMILES string of the molecule is CCOC(=O)CCC#CN. The van der Waals surface area contributed by atoms with Crippen LogP contribution in [0.1, 0.15) is 19.8 Å². The van der Waals surface area contributed by atoms with Crippen molar-refractivity contribution in [3.8, 4) is 12.0 Å². The van der Waals surface area contributed by atoms with Crippen LogP contribution in [-0.2, 0) is 9.53 Å². The number of carbonyl (C=O) groups excluding carboxylic acids is 1. The van der Waals surface area contributed by atoms with E-state index >= 15 is 0 Å². The van der Waals surface area contributed by atoms with Crippen molar-refractivity contribution in [2.24, 2.45) is 5.73 Å². The molecule has 3 nitrogen and oxygen atoms in total. The fraction of sp³-hybridized carbons (Fsp3) is 0.571. The fourth-order valence-electron chi connectivity index (χ4n) is 0.470. The Labute approximate surface area is 60.5 Å². The summed E-state index contributed by atoms with van der Waals surface area (Å²) in [5.74, 6) is 2.35. The van der Waals surface area contributed by atoms with E-state index in [0.29, 0.717) is 19.4 Å². The minimum Gasteiger partial charge on any atom is -0.466 e. The summed E-state index contributed by atoms with van der Waals surface area (Å²) in [5, 5.41) is 0. The normalized spacial score (nSPS) is 7.70. The lowest BCUT2D eigenvalue weighted by molar-refractivity contribution is -0.142. The van der Waals surface area contributed by atoms with Gasteiger partial charge < -0.3 is 10.5 Å². The van der Waals surface area contributed by atoms with E-state index in [0.717, 1.165) is 0 Å². The topological polar surface area (TPSA) is 52.3 Å². The van der Waals surface area contributed by atoms with E-state index in [9.17, 15) is 4.79 Å². The minimum absolute atomic E-state index is 0.217. The maximum atomic E-state index is 10.6. The average molecular weight is 141 g/mol. The standard InChI is InChI=1S/C7H11NO2/c1-2-10-7(9)5-3-4-6-8/h2-3,5,8H2,1H3. The van der Waals surface area contributed by atoms with Crippen LogP contribution in [0, 0.1) is 12.0 Å². The molecule has 0 fully saturated rings. The predicted octanol–water partition coefficient (Wildman–Crippen LogP) is 0.249. The van der Waals surface area contributed by atoms with Crippen molar-refractivity contribution in [2.45, 2.75) is 19.8 Å². The number of rotatable bonds is 3. The van der Waals surface area contributed by atoms with E-state index < -0.39 is 0 Å². The molecule has 0 aliphatic carbocycles. The lowest BCUT2D eigenvalue weighted by Crippen LogP contribution is -2.02. The summed E-state index contributed by atoms with van der Waals surface area (Å²) in [6.45, 7) is 2.20. The summed E-state index contributed by atoms with van der Waals surface area (Å²) in [7, 11) is 0. The summed E-state index contributed by atoms with van der Waals surface area (Å²) in [4.78, 5) is 10.6. The molecule has 0 saturated heterocycles. The van der Waals surface area contributed by atoms with Gasteiger partial charge in [0.25, 0.3) is 0 Å². The number of nitrogens with two attached hydrogens (primary N) is 1. The van der Waals surface area contributed by atoms with Crippen molar-refractivity contribution in [1.29, 1.82) is 0 Å². The molecule has 0 aromatic carbocycles. The van der Waals surface area contributed by atoms with Crippen LogP contribution in [0.5, 0.6) is 0 Å². The Kier molecular flexibility index (Phi) is 5.26. The van der Waals surface area contributed by atoms with Gasteiger partial charge in [-0.1, -0.05) is 5.92 Å². The molecule has 56 valence electrons. The Morgan fingerprint density at radius 3 is 2.90 bits per heavy atom. The summed E-state index contributed by atoms with van der Waals surface area (Å²) in [6.07, 6.45) is 0.813. The monoisotopic (exact) mass is 141 g/mol. The van der Waals surface area contributed by atoms with Crippen molar-refractivity contribution in [2.75, 3.05) is 6.61 Å². The number of hydrogen-bond acceptors (Lipinski definition) is 3. The van der Waals surface area contributed by atoms with Crippen LogP contribution in [0.3, 0.4) is 0 Å². The summed E-state index contributed by atoms with van der Waals surface area (Å²) >= 11 is 0. The van der Waals surface area contributed by atoms with Crippen LogP contribution in [-0.4, -0.2) is 12.6 Å². The van der Waals surface area contributed by atoms with E-state index in [1.807, 2.05) is 0 Å². The highest BCUT2D eigenvalue weighted by molar-refractivity contribution is 5.69. The van der Waals surface area contributed by atoms with Gasteiger partial charge in [-0.05, 0) is 6.92 Å². The molecule has 0 aliphatic heterocycles. The Bertz CT molecular complexity index is 155. The Hall–Kier alpha value is -1.17. The van der Waals surface area contributed by atoms with E-state index in [1.165, 1.54) is 0 Å². The molecule has 0 aliphatic rings. The van der Waals surface area contributed by atoms with Crippen LogP contribution in [0.4, 0.5) is 0 Å². The van der Waals surface area contributed by atoms with Gasteiger partial charge in [0.05, 0.1) is 13.0 Å². The highest BCUT2D eigenvalue weighted by Crippen LogP contribution is 1.89. The molecule has 0 aromatic rings. The highest BCUT2D eigenvalue weighted by Gasteiger charge is 1.97. The van der Waals surface area contributed by atoms with Gasteiger partial charge in [0, 0.05) is 12.5 Å². The van der Waals surface area contributed by atoms with Crippen LogP contribution in [0.15, 0.2) is 0 Å². The lowest BCUT2D eigenvalue weighted by atomic mass is 10.3. The summed E-state index contributed by atoms with van der Waals surface area (Å²) in [5.41, 5.74) is 4.88. The van der Waals surface area contributed by atoms with Gasteiger partial charge in [0.15, 0.2) is 0 Å². The Morgan fingerprint density at radius 1 is 1.70 bits per heavy atom. The van der Waals surface area contributed by atoms with Crippen molar-refractivity contribution < 1.29 is 9.53 Å². The Morgan fingerprint density at radius 2 is 2.40 bits per heavy atom. The van der Waals surface area contributed by atoms with E-state index in [4.69, 9.17) is 5.73 Å². The van der Waals surface area contributed by atoms with E-state index in [1.54, 1.807) is 6.92 Å². The predicted molar refractivity (Wildman–Crippen MR) is 37.8 cm³/mol.